The maximum atomic E-state index is 6.30. The number of benzene rings is 1. The Bertz CT molecular complexity index is 1070. The van der Waals surface area contributed by atoms with Crippen molar-refractivity contribution in [2.24, 2.45) is 5.92 Å². The molecule has 0 amide bonds. The Morgan fingerprint density at radius 2 is 1.07 bits per heavy atom. The van der Waals surface area contributed by atoms with Crippen molar-refractivity contribution >= 4 is 11.6 Å². The number of allylic oxidation sites excluding steroid dienone is 11. The Kier molecular flexibility index (Phi) is 22.8. The molecule has 0 N–H and O–H groups in total. The quantitative estimate of drug-likeness (QED) is 0.0634. The predicted octanol–water partition coefficient (Wildman–Crippen LogP) is 13.8. The van der Waals surface area contributed by atoms with Gasteiger partial charge in [0, 0.05) is 6.61 Å². The summed E-state index contributed by atoms with van der Waals surface area (Å²) in [6.07, 6.45) is 27.0. The molecule has 246 valence electrons. The molecule has 2 heteroatoms. The maximum Gasteiger partial charge on any atom is 0.0716 e. The first-order valence-electron chi connectivity index (χ1n) is 17.3. The molecule has 1 aromatic rings. The van der Waals surface area contributed by atoms with Crippen LogP contribution in [0.4, 0.5) is 0 Å². The summed E-state index contributed by atoms with van der Waals surface area (Å²) in [6, 6.07) is 10.4. The van der Waals surface area contributed by atoms with Gasteiger partial charge in [0.1, 0.15) is 0 Å². The lowest BCUT2D eigenvalue weighted by Gasteiger charge is -2.11. The number of hydrogen-bond acceptors (Lipinski definition) is 1. The Morgan fingerprint density at radius 1 is 0.636 bits per heavy atom. The Labute approximate surface area is 278 Å². The average molecular weight is 621 g/mol. The molecule has 1 rings (SSSR count). The van der Waals surface area contributed by atoms with Crippen LogP contribution in [0.5, 0.6) is 0 Å². The van der Waals surface area contributed by atoms with Crippen LogP contribution in [-0.4, -0.2) is 12.0 Å². The van der Waals surface area contributed by atoms with E-state index in [0.29, 0.717) is 5.92 Å². The molecule has 0 fully saturated rings. The Hall–Kier alpha value is -2.09. The first-order valence-corrected chi connectivity index (χ1v) is 17.7. The van der Waals surface area contributed by atoms with Crippen molar-refractivity contribution in [3.8, 4) is 0 Å². The molecule has 0 saturated carbocycles. The van der Waals surface area contributed by atoms with Gasteiger partial charge in [0.05, 0.1) is 12.0 Å². The van der Waals surface area contributed by atoms with Crippen LogP contribution >= 0.6 is 11.6 Å². The van der Waals surface area contributed by atoms with Crippen LogP contribution in [0.25, 0.3) is 0 Å². The first kappa shape index (κ1) is 39.9. The summed E-state index contributed by atoms with van der Waals surface area (Å²) in [4.78, 5) is 0. The smallest absolute Gasteiger partial charge is 0.0716 e. The molecule has 0 aliphatic carbocycles. The fraction of sp³-hybridized carbons (Fsp3) is 0.571. The van der Waals surface area contributed by atoms with Gasteiger partial charge in [-0.25, -0.2) is 0 Å². The summed E-state index contributed by atoms with van der Waals surface area (Å²) in [5.41, 5.74) is 9.82. The largest absolute Gasteiger partial charge is 0.377 e. The third-order valence-corrected chi connectivity index (χ3v) is 9.06. The van der Waals surface area contributed by atoms with Gasteiger partial charge >= 0.3 is 0 Å². The normalized spacial score (nSPS) is 15.0. The van der Waals surface area contributed by atoms with Crippen molar-refractivity contribution in [3.05, 3.63) is 106 Å². The molecule has 0 aliphatic heterocycles. The summed E-state index contributed by atoms with van der Waals surface area (Å²) in [5, 5.41) is 0.0973. The summed E-state index contributed by atoms with van der Waals surface area (Å²) < 4.78 is 5.86. The first-order chi connectivity index (χ1) is 21.1. The minimum atomic E-state index is 0.0973. The monoisotopic (exact) mass is 620 g/mol. The van der Waals surface area contributed by atoms with E-state index in [1.54, 1.807) is 0 Å². The van der Waals surface area contributed by atoms with Gasteiger partial charge in [0.2, 0.25) is 0 Å². The molecule has 0 aliphatic rings. The van der Waals surface area contributed by atoms with Crippen molar-refractivity contribution in [2.75, 3.05) is 6.61 Å². The van der Waals surface area contributed by atoms with Crippen molar-refractivity contribution in [1.29, 1.82) is 0 Å². The third-order valence-electron chi connectivity index (χ3n) is 8.47. The van der Waals surface area contributed by atoms with Crippen LogP contribution < -0.4 is 0 Å². The number of ether oxygens (including phenoxy) is 1. The van der Waals surface area contributed by atoms with Gasteiger partial charge in [0.25, 0.3) is 0 Å². The summed E-state index contributed by atoms with van der Waals surface area (Å²) in [5.74, 6) is 0.702. The van der Waals surface area contributed by atoms with Gasteiger partial charge in [-0.3, -0.25) is 0 Å². The second-order valence-corrected chi connectivity index (χ2v) is 13.8. The second-order valence-electron chi connectivity index (χ2n) is 13.3. The predicted molar refractivity (Wildman–Crippen MR) is 199 cm³/mol. The lowest BCUT2D eigenvalue weighted by Crippen LogP contribution is -2.02. The fourth-order valence-electron chi connectivity index (χ4n) is 5.10. The van der Waals surface area contributed by atoms with Crippen LogP contribution in [0.15, 0.2) is 101 Å². The molecule has 0 saturated heterocycles. The zero-order valence-electron chi connectivity index (χ0n) is 29.5. The topological polar surface area (TPSA) is 9.23 Å². The highest BCUT2D eigenvalue weighted by atomic mass is 35.5. The Balaban J connectivity index is 2.16. The highest BCUT2D eigenvalue weighted by molar-refractivity contribution is 6.22. The van der Waals surface area contributed by atoms with Crippen LogP contribution in [0.3, 0.4) is 0 Å². The summed E-state index contributed by atoms with van der Waals surface area (Å²) >= 11 is 6.30. The number of alkyl halides is 1. The third kappa shape index (κ3) is 22.4. The van der Waals surface area contributed by atoms with Crippen molar-refractivity contribution < 1.29 is 4.74 Å². The van der Waals surface area contributed by atoms with Crippen molar-refractivity contribution in [1.82, 2.24) is 0 Å². The molecule has 1 nitrogen and oxygen atoms in total. The van der Waals surface area contributed by atoms with Gasteiger partial charge in [-0.05, 0) is 136 Å². The summed E-state index contributed by atoms with van der Waals surface area (Å²) in [6.45, 7) is 21.2. The molecule has 0 aromatic heterocycles. The highest BCUT2D eigenvalue weighted by Crippen LogP contribution is 2.19. The van der Waals surface area contributed by atoms with Gasteiger partial charge in [-0.15, -0.1) is 11.6 Å². The lowest BCUT2D eigenvalue weighted by molar-refractivity contribution is 0.108. The molecule has 1 aromatic carbocycles. The molecule has 0 bridgehead atoms. The van der Waals surface area contributed by atoms with E-state index in [0.717, 1.165) is 76.6 Å². The van der Waals surface area contributed by atoms with Crippen molar-refractivity contribution in [3.63, 3.8) is 0 Å². The van der Waals surface area contributed by atoms with Crippen molar-refractivity contribution in [2.45, 2.75) is 144 Å². The zero-order valence-corrected chi connectivity index (χ0v) is 30.3. The zero-order chi connectivity index (χ0) is 32.6. The van der Waals surface area contributed by atoms with E-state index >= 15 is 0 Å². The minimum Gasteiger partial charge on any atom is -0.377 e. The maximum absolute atomic E-state index is 6.30. The average Bonchev–Trinajstić information content (AvgIpc) is 2.98. The van der Waals surface area contributed by atoms with Gasteiger partial charge in [0.15, 0.2) is 0 Å². The lowest BCUT2D eigenvalue weighted by atomic mass is 10.00. The van der Waals surface area contributed by atoms with Crippen LogP contribution in [0, 0.1) is 5.92 Å². The molecular formula is C42H65ClO. The fourth-order valence-corrected chi connectivity index (χ4v) is 5.21. The van der Waals surface area contributed by atoms with Crippen LogP contribution in [0.2, 0.25) is 0 Å². The molecule has 2 unspecified atom stereocenters. The van der Waals surface area contributed by atoms with Gasteiger partial charge in [-0.1, -0.05) is 108 Å². The van der Waals surface area contributed by atoms with E-state index in [-0.39, 0.29) is 5.38 Å². The number of rotatable bonds is 24. The van der Waals surface area contributed by atoms with E-state index in [1.807, 2.05) is 13.0 Å². The molecule has 0 spiro atoms. The molecule has 0 radical (unpaired) electrons. The molecule has 2 atom stereocenters. The standard InChI is InChI=1S/C42H65ClO/c1-34(2)42(43)30-29-39(7)25-15-23-37(5)21-13-19-35(3)17-12-18-36(4)20-14-22-38(6)24-16-26-40(8)31-32-44-33-41-27-10-9-11-28-41/h9-11,17,20-21,24-25,27-28,40,42H,1,12-16,18-19,22-23,26,29-33H2,2-8H3. The SMILES string of the molecule is C=C(C)C(Cl)CCC(C)=CCCC(C)=CCCC(C)=CCCC(C)=CCCC(C)=CCCC(C)CCOCc1ccccc1. The molecular weight excluding hydrogens is 556 g/mol. The van der Waals surface area contributed by atoms with Gasteiger partial charge < -0.3 is 4.74 Å². The van der Waals surface area contributed by atoms with E-state index in [1.165, 1.54) is 59.1 Å². The molecule has 0 heterocycles. The highest BCUT2D eigenvalue weighted by Gasteiger charge is 2.05. The van der Waals surface area contributed by atoms with Crippen LogP contribution in [-0.2, 0) is 11.3 Å². The van der Waals surface area contributed by atoms with E-state index in [2.05, 4.69) is 103 Å². The van der Waals surface area contributed by atoms with E-state index < -0.39 is 0 Å². The second kappa shape index (κ2) is 25.1. The number of halogens is 1. The van der Waals surface area contributed by atoms with Gasteiger partial charge in [-0.2, -0.15) is 0 Å². The molecule has 44 heavy (non-hydrogen) atoms. The Morgan fingerprint density at radius 3 is 1.52 bits per heavy atom. The minimum absolute atomic E-state index is 0.0973. The van der Waals surface area contributed by atoms with E-state index in [4.69, 9.17) is 16.3 Å². The number of hydrogen-bond donors (Lipinski definition) is 0. The van der Waals surface area contributed by atoms with Crippen LogP contribution in [0.1, 0.15) is 138 Å². The summed E-state index contributed by atoms with van der Waals surface area (Å²) in [7, 11) is 0. The van der Waals surface area contributed by atoms with E-state index in [9.17, 15) is 0 Å².